The Bertz CT molecular complexity index is 311. The normalized spacial score (nSPS) is 34.3. The number of hydrogen-bond donors (Lipinski definition) is 1. The number of carboxylic acid groups (broad SMARTS) is 1. The molecular formula is C11H17NO4. The molecule has 2 aliphatic rings. The summed E-state index contributed by atoms with van der Waals surface area (Å²) >= 11 is 0. The van der Waals surface area contributed by atoms with Gasteiger partial charge < -0.3 is 14.7 Å². The molecular weight excluding hydrogens is 210 g/mol. The third-order valence-corrected chi connectivity index (χ3v) is 3.51. The van der Waals surface area contributed by atoms with E-state index in [1.807, 2.05) is 0 Å². The zero-order valence-corrected chi connectivity index (χ0v) is 9.44. The summed E-state index contributed by atoms with van der Waals surface area (Å²) in [6.07, 6.45) is 1.87. The molecule has 0 spiro atoms. The number of ether oxygens (including phenoxy) is 1. The molecule has 0 aliphatic carbocycles. The molecule has 2 unspecified atom stereocenters. The van der Waals surface area contributed by atoms with E-state index in [1.165, 1.54) is 0 Å². The summed E-state index contributed by atoms with van der Waals surface area (Å²) in [5, 5.41) is 9.07. The molecule has 90 valence electrons. The molecule has 2 aliphatic heterocycles. The second-order valence-corrected chi connectivity index (χ2v) is 4.88. The standard InChI is InChI=1S/C11H17NO4/c1-11(10(14)15)4-5-12(7-11)9(13)8-3-2-6-16-8/h8H,2-7H2,1H3,(H,14,15). The van der Waals surface area contributed by atoms with Crippen molar-refractivity contribution in [2.45, 2.75) is 32.3 Å². The average Bonchev–Trinajstić information content (AvgIpc) is 2.85. The van der Waals surface area contributed by atoms with Gasteiger partial charge in [0.2, 0.25) is 0 Å². The Morgan fingerprint density at radius 1 is 1.50 bits per heavy atom. The average molecular weight is 227 g/mol. The number of nitrogens with zero attached hydrogens (tertiary/aromatic N) is 1. The summed E-state index contributed by atoms with van der Waals surface area (Å²) < 4.78 is 5.32. The van der Waals surface area contributed by atoms with Gasteiger partial charge in [-0.05, 0) is 26.2 Å². The zero-order chi connectivity index (χ0) is 11.8. The first-order valence-corrected chi connectivity index (χ1v) is 5.67. The number of hydrogen-bond acceptors (Lipinski definition) is 3. The highest BCUT2D eigenvalue weighted by atomic mass is 16.5. The number of rotatable bonds is 2. The van der Waals surface area contributed by atoms with Gasteiger partial charge in [-0.25, -0.2) is 0 Å². The first kappa shape index (κ1) is 11.4. The van der Waals surface area contributed by atoms with Crippen molar-refractivity contribution in [2.24, 2.45) is 5.41 Å². The number of carboxylic acids is 1. The summed E-state index contributed by atoms with van der Waals surface area (Å²) in [6.45, 7) is 3.17. The minimum atomic E-state index is -0.824. The van der Waals surface area contributed by atoms with Crippen LogP contribution in [0.3, 0.4) is 0 Å². The fraction of sp³-hybridized carbons (Fsp3) is 0.818. The molecule has 0 aromatic heterocycles. The largest absolute Gasteiger partial charge is 0.481 e. The van der Waals surface area contributed by atoms with E-state index in [0.717, 1.165) is 12.8 Å². The molecule has 1 N–H and O–H groups in total. The van der Waals surface area contributed by atoms with Gasteiger partial charge in [0.05, 0.1) is 5.41 Å². The van der Waals surface area contributed by atoms with Crippen molar-refractivity contribution in [3.63, 3.8) is 0 Å². The predicted molar refractivity (Wildman–Crippen MR) is 55.9 cm³/mol. The highest BCUT2D eigenvalue weighted by molar-refractivity contribution is 5.83. The van der Waals surface area contributed by atoms with Crippen LogP contribution in [0, 0.1) is 5.41 Å². The molecule has 0 radical (unpaired) electrons. The van der Waals surface area contributed by atoms with Crippen molar-refractivity contribution in [1.29, 1.82) is 0 Å². The van der Waals surface area contributed by atoms with E-state index in [9.17, 15) is 9.59 Å². The quantitative estimate of drug-likeness (QED) is 0.745. The van der Waals surface area contributed by atoms with Gasteiger partial charge in [0.25, 0.3) is 5.91 Å². The van der Waals surface area contributed by atoms with Crippen molar-refractivity contribution in [3.05, 3.63) is 0 Å². The smallest absolute Gasteiger partial charge is 0.311 e. The van der Waals surface area contributed by atoms with Crippen LogP contribution in [0.15, 0.2) is 0 Å². The van der Waals surface area contributed by atoms with E-state index in [1.54, 1.807) is 11.8 Å². The molecule has 5 nitrogen and oxygen atoms in total. The molecule has 2 heterocycles. The Hall–Kier alpha value is -1.10. The van der Waals surface area contributed by atoms with Gasteiger partial charge in [-0.2, -0.15) is 0 Å². The van der Waals surface area contributed by atoms with Crippen molar-refractivity contribution in [3.8, 4) is 0 Å². The molecule has 2 saturated heterocycles. The minimum Gasteiger partial charge on any atom is -0.481 e. The lowest BCUT2D eigenvalue weighted by atomic mass is 9.90. The first-order valence-electron chi connectivity index (χ1n) is 5.67. The molecule has 16 heavy (non-hydrogen) atoms. The number of carbonyl (C=O) groups excluding carboxylic acids is 1. The summed E-state index contributed by atoms with van der Waals surface area (Å²) in [6, 6.07) is 0. The molecule has 0 bridgehead atoms. The minimum absolute atomic E-state index is 0.0394. The molecule has 5 heteroatoms. The molecule has 0 aromatic rings. The Morgan fingerprint density at radius 3 is 2.75 bits per heavy atom. The van der Waals surface area contributed by atoms with Crippen LogP contribution in [0.2, 0.25) is 0 Å². The van der Waals surface area contributed by atoms with Gasteiger partial charge in [-0.3, -0.25) is 9.59 Å². The Kier molecular flexibility index (Phi) is 2.88. The van der Waals surface area contributed by atoms with E-state index in [4.69, 9.17) is 9.84 Å². The maximum absolute atomic E-state index is 12.0. The van der Waals surface area contributed by atoms with E-state index in [-0.39, 0.29) is 12.0 Å². The van der Waals surface area contributed by atoms with Crippen LogP contribution >= 0.6 is 0 Å². The maximum Gasteiger partial charge on any atom is 0.311 e. The second kappa shape index (κ2) is 4.05. The Morgan fingerprint density at radius 2 is 2.25 bits per heavy atom. The van der Waals surface area contributed by atoms with Gasteiger partial charge in [0, 0.05) is 19.7 Å². The molecule has 0 saturated carbocycles. The van der Waals surface area contributed by atoms with Gasteiger partial charge in [0.1, 0.15) is 6.10 Å². The second-order valence-electron chi connectivity index (χ2n) is 4.88. The van der Waals surface area contributed by atoms with Crippen LogP contribution in [-0.2, 0) is 14.3 Å². The lowest BCUT2D eigenvalue weighted by Crippen LogP contribution is -2.40. The highest BCUT2D eigenvalue weighted by Crippen LogP contribution is 2.31. The van der Waals surface area contributed by atoms with Crippen LogP contribution in [0.25, 0.3) is 0 Å². The molecule has 2 atom stereocenters. The lowest BCUT2D eigenvalue weighted by Gasteiger charge is -2.22. The van der Waals surface area contributed by atoms with Crippen LogP contribution in [0.5, 0.6) is 0 Å². The van der Waals surface area contributed by atoms with Gasteiger partial charge >= 0.3 is 5.97 Å². The van der Waals surface area contributed by atoms with Crippen LogP contribution in [-0.4, -0.2) is 47.7 Å². The molecule has 2 rings (SSSR count). The predicted octanol–water partition coefficient (Wildman–Crippen LogP) is 0.489. The van der Waals surface area contributed by atoms with E-state index in [0.29, 0.717) is 26.1 Å². The van der Waals surface area contributed by atoms with Crippen LogP contribution in [0.1, 0.15) is 26.2 Å². The topological polar surface area (TPSA) is 66.8 Å². The molecule has 0 aromatic carbocycles. The van der Waals surface area contributed by atoms with Crippen LogP contribution < -0.4 is 0 Å². The first-order chi connectivity index (χ1) is 7.53. The number of carbonyl (C=O) groups is 2. The monoisotopic (exact) mass is 227 g/mol. The van der Waals surface area contributed by atoms with Crippen molar-refractivity contribution < 1.29 is 19.4 Å². The highest BCUT2D eigenvalue weighted by Gasteiger charge is 2.43. The van der Waals surface area contributed by atoms with Crippen molar-refractivity contribution in [2.75, 3.05) is 19.7 Å². The SMILES string of the molecule is CC1(C(=O)O)CCN(C(=O)C2CCCO2)C1. The van der Waals surface area contributed by atoms with Crippen molar-refractivity contribution in [1.82, 2.24) is 4.90 Å². The Labute approximate surface area is 94.4 Å². The maximum atomic E-state index is 12.0. The molecule has 2 fully saturated rings. The fourth-order valence-corrected chi connectivity index (χ4v) is 2.30. The zero-order valence-electron chi connectivity index (χ0n) is 9.44. The Balaban J connectivity index is 1.97. The molecule has 1 amide bonds. The van der Waals surface area contributed by atoms with E-state index >= 15 is 0 Å². The van der Waals surface area contributed by atoms with Gasteiger partial charge in [0.15, 0.2) is 0 Å². The summed E-state index contributed by atoms with van der Waals surface area (Å²) in [5.74, 6) is -0.863. The van der Waals surface area contributed by atoms with Gasteiger partial charge in [-0.15, -0.1) is 0 Å². The summed E-state index contributed by atoms with van der Waals surface area (Å²) in [5.41, 5.74) is -0.783. The van der Waals surface area contributed by atoms with E-state index < -0.39 is 11.4 Å². The summed E-state index contributed by atoms with van der Waals surface area (Å²) in [7, 11) is 0. The number of amides is 1. The van der Waals surface area contributed by atoms with Crippen molar-refractivity contribution >= 4 is 11.9 Å². The van der Waals surface area contributed by atoms with Crippen LogP contribution in [0.4, 0.5) is 0 Å². The number of aliphatic carboxylic acids is 1. The fourth-order valence-electron chi connectivity index (χ4n) is 2.30. The number of likely N-dealkylation sites (tertiary alicyclic amines) is 1. The summed E-state index contributed by atoms with van der Waals surface area (Å²) in [4.78, 5) is 24.6. The third kappa shape index (κ3) is 1.91. The van der Waals surface area contributed by atoms with E-state index in [2.05, 4.69) is 0 Å². The lowest BCUT2D eigenvalue weighted by molar-refractivity contribution is -0.148. The van der Waals surface area contributed by atoms with Gasteiger partial charge in [-0.1, -0.05) is 0 Å². The third-order valence-electron chi connectivity index (χ3n) is 3.51.